The summed E-state index contributed by atoms with van der Waals surface area (Å²) in [6.45, 7) is 1.43. The maximum atomic E-state index is 13.4. The SMILES string of the molecule is CN(C1CCOC1)[C@@H](Cc1ccccc1)C(=O)Nc1cccc(-c2ccncc2)c1. The zero-order valence-electron chi connectivity index (χ0n) is 17.2. The van der Waals surface area contributed by atoms with Crippen molar-refractivity contribution in [2.45, 2.75) is 24.9 Å². The molecule has 1 unspecified atom stereocenters. The van der Waals surface area contributed by atoms with Crippen molar-refractivity contribution in [3.05, 3.63) is 84.7 Å². The van der Waals surface area contributed by atoms with Gasteiger partial charge >= 0.3 is 0 Å². The monoisotopic (exact) mass is 401 g/mol. The minimum absolute atomic E-state index is 0.000122. The Morgan fingerprint density at radius 2 is 1.90 bits per heavy atom. The van der Waals surface area contributed by atoms with Gasteiger partial charge in [0.15, 0.2) is 0 Å². The molecule has 1 aliphatic rings. The van der Waals surface area contributed by atoms with Crippen LogP contribution in [0.4, 0.5) is 5.69 Å². The lowest BCUT2D eigenvalue weighted by molar-refractivity contribution is -0.121. The van der Waals surface area contributed by atoms with Crippen molar-refractivity contribution in [1.29, 1.82) is 0 Å². The summed E-state index contributed by atoms with van der Waals surface area (Å²) >= 11 is 0. The lowest BCUT2D eigenvalue weighted by Crippen LogP contribution is -2.48. The lowest BCUT2D eigenvalue weighted by Gasteiger charge is -2.31. The average Bonchev–Trinajstić information content (AvgIpc) is 3.33. The van der Waals surface area contributed by atoms with Gasteiger partial charge < -0.3 is 10.1 Å². The molecular formula is C25H27N3O2. The summed E-state index contributed by atoms with van der Waals surface area (Å²) in [4.78, 5) is 19.6. The van der Waals surface area contributed by atoms with E-state index in [2.05, 4.69) is 27.3 Å². The van der Waals surface area contributed by atoms with Crippen LogP contribution in [0.3, 0.4) is 0 Å². The molecule has 1 amide bonds. The van der Waals surface area contributed by atoms with E-state index in [4.69, 9.17) is 4.74 Å². The minimum atomic E-state index is -0.274. The molecule has 0 aliphatic carbocycles. The van der Waals surface area contributed by atoms with Gasteiger partial charge in [-0.25, -0.2) is 0 Å². The fourth-order valence-corrected chi connectivity index (χ4v) is 3.90. The van der Waals surface area contributed by atoms with Crippen LogP contribution in [0, 0.1) is 0 Å². The van der Waals surface area contributed by atoms with Gasteiger partial charge in [-0.05, 0) is 60.8 Å². The number of carbonyl (C=O) groups is 1. The number of hydrogen-bond acceptors (Lipinski definition) is 4. The number of ether oxygens (including phenoxy) is 1. The summed E-state index contributed by atoms with van der Waals surface area (Å²) in [5.41, 5.74) is 4.06. The summed E-state index contributed by atoms with van der Waals surface area (Å²) in [5, 5.41) is 3.14. The minimum Gasteiger partial charge on any atom is -0.380 e. The number of aromatic nitrogens is 1. The highest BCUT2D eigenvalue weighted by molar-refractivity contribution is 5.95. The van der Waals surface area contributed by atoms with Crippen LogP contribution in [0.15, 0.2) is 79.1 Å². The van der Waals surface area contributed by atoms with E-state index in [-0.39, 0.29) is 18.0 Å². The first-order valence-corrected chi connectivity index (χ1v) is 10.4. The maximum absolute atomic E-state index is 13.4. The third kappa shape index (κ3) is 4.93. The van der Waals surface area contributed by atoms with E-state index in [9.17, 15) is 4.79 Å². The number of hydrogen-bond donors (Lipinski definition) is 1. The predicted octanol–water partition coefficient (Wildman–Crippen LogP) is 4.02. The molecular weight excluding hydrogens is 374 g/mol. The van der Waals surface area contributed by atoms with Crippen LogP contribution in [0.5, 0.6) is 0 Å². The van der Waals surface area contributed by atoms with Crippen LogP contribution in [-0.2, 0) is 16.0 Å². The molecule has 1 aliphatic heterocycles. The van der Waals surface area contributed by atoms with E-state index >= 15 is 0 Å². The van der Waals surface area contributed by atoms with Crippen LogP contribution in [0.2, 0.25) is 0 Å². The molecule has 1 fully saturated rings. The van der Waals surface area contributed by atoms with E-state index in [0.29, 0.717) is 13.0 Å². The summed E-state index contributed by atoms with van der Waals surface area (Å²) in [5.74, 6) is 0.000122. The third-order valence-corrected chi connectivity index (χ3v) is 5.69. The molecule has 1 aromatic heterocycles. The fraction of sp³-hybridized carbons (Fsp3) is 0.280. The highest BCUT2D eigenvalue weighted by atomic mass is 16.5. The van der Waals surface area contributed by atoms with Crippen LogP contribution >= 0.6 is 0 Å². The molecule has 3 aromatic rings. The molecule has 2 atom stereocenters. The molecule has 0 radical (unpaired) electrons. The molecule has 30 heavy (non-hydrogen) atoms. The summed E-state index contributed by atoms with van der Waals surface area (Å²) < 4.78 is 5.56. The van der Waals surface area contributed by atoms with Gasteiger partial charge in [-0.3, -0.25) is 14.7 Å². The number of rotatable bonds is 7. The maximum Gasteiger partial charge on any atom is 0.242 e. The quantitative estimate of drug-likeness (QED) is 0.650. The average molecular weight is 402 g/mol. The Hall–Kier alpha value is -3.02. The number of carbonyl (C=O) groups excluding carboxylic acids is 1. The number of benzene rings is 2. The van der Waals surface area contributed by atoms with Gasteiger partial charge in [-0.15, -0.1) is 0 Å². The van der Waals surface area contributed by atoms with Crippen LogP contribution in [-0.4, -0.2) is 48.1 Å². The molecule has 2 heterocycles. The second-order valence-corrected chi connectivity index (χ2v) is 7.69. The summed E-state index contributed by atoms with van der Waals surface area (Å²) in [6.07, 6.45) is 5.15. The van der Waals surface area contributed by atoms with Gasteiger partial charge in [-0.2, -0.15) is 0 Å². The highest BCUT2D eigenvalue weighted by Crippen LogP contribution is 2.23. The molecule has 154 valence electrons. The van der Waals surface area contributed by atoms with Gasteiger partial charge in [0, 0.05) is 30.7 Å². The second-order valence-electron chi connectivity index (χ2n) is 7.69. The van der Waals surface area contributed by atoms with E-state index in [0.717, 1.165) is 35.4 Å². The number of pyridine rings is 1. The topological polar surface area (TPSA) is 54.5 Å². The third-order valence-electron chi connectivity index (χ3n) is 5.69. The lowest BCUT2D eigenvalue weighted by atomic mass is 10.0. The van der Waals surface area contributed by atoms with Gasteiger partial charge in [0.25, 0.3) is 0 Å². The van der Waals surface area contributed by atoms with Gasteiger partial charge in [-0.1, -0.05) is 42.5 Å². The first-order valence-electron chi connectivity index (χ1n) is 10.4. The van der Waals surface area contributed by atoms with Crippen molar-refractivity contribution >= 4 is 11.6 Å². The van der Waals surface area contributed by atoms with Crippen molar-refractivity contribution in [3.63, 3.8) is 0 Å². The highest BCUT2D eigenvalue weighted by Gasteiger charge is 2.31. The Labute approximate surface area is 177 Å². The zero-order chi connectivity index (χ0) is 20.8. The summed E-state index contributed by atoms with van der Waals surface area (Å²) in [7, 11) is 2.03. The van der Waals surface area contributed by atoms with Crippen LogP contribution in [0.25, 0.3) is 11.1 Å². The zero-order valence-corrected chi connectivity index (χ0v) is 17.2. The van der Waals surface area contributed by atoms with Crippen molar-refractivity contribution in [2.24, 2.45) is 0 Å². The second kappa shape index (κ2) is 9.65. The van der Waals surface area contributed by atoms with E-state index in [1.54, 1.807) is 12.4 Å². The Morgan fingerprint density at radius 1 is 1.10 bits per heavy atom. The largest absolute Gasteiger partial charge is 0.380 e. The number of likely N-dealkylation sites (N-methyl/N-ethyl adjacent to an activating group) is 1. The molecule has 0 saturated carbocycles. The van der Waals surface area contributed by atoms with Crippen molar-refractivity contribution in [1.82, 2.24) is 9.88 Å². The Balaban J connectivity index is 1.54. The molecule has 0 spiro atoms. The standard InChI is InChI=1S/C25H27N3O2/c1-28(23-12-15-30-18-23)24(16-19-6-3-2-4-7-19)25(29)27-22-9-5-8-21(17-22)20-10-13-26-14-11-20/h2-11,13-14,17,23-24H,12,15-16,18H2,1H3,(H,27,29)/t23?,24-/m0/s1. The molecule has 5 nitrogen and oxygen atoms in total. The van der Waals surface area contributed by atoms with E-state index in [1.807, 2.05) is 61.6 Å². The number of nitrogens with one attached hydrogen (secondary N) is 1. The van der Waals surface area contributed by atoms with Crippen LogP contribution < -0.4 is 5.32 Å². The van der Waals surface area contributed by atoms with Crippen LogP contribution in [0.1, 0.15) is 12.0 Å². The van der Waals surface area contributed by atoms with Crippen molar-refractivity contribution in [2.75, 3.05) is 25.6 Å². The summed E-state index contributed by atoms with van der Waals surface area (Å²) in [6, 6.07) is 22.0. The Bertz CT molecular complexity index is 956. The number of amides is 1. The molecule has 1 N–H and O–H groups in total. The smallest absolute Gasteiger partial charge is 0.242 e. The van der Waals surface area contributed by atoms with Crippen molar-refractivity contribution in [3.8, 4) is 11.1 Å². The Kier molecular flexibility index (Phi) is 6.52. The molecule has 2 aromatic carbocycles. The fourth-order valence-electron chi connectivity index (χ4n) is 3.90. The first kappa shape index (κ1) is 20.3. The first-order chi connectivity index (χ1) is 14.7. The molecule has 4 rings (SSSR count). The normalized spacial score (nSPS) is 17.1. The molecule has 0 bridgehead atoms. The van der Waals surface area contributed by atoms with Gasteiger partial charge in [0.1, 0.15) is 0 Å². The van der Waals surface area contributed by atoms with E-state index < -0.39 is 0 Å². The van der Waals surface area contributed by atoms with E-state index in [1.165, 1.54) is 0 Å². The number of nitrogens with zero attached hydrogens (tertiary/aromatic N) is 2. The Morgan fingerprint density at radius 3 is 2.63 bits per heavy atom. The predicted molar refractivity (Wildman–Crippen MR) is 119 cm³/mol. The van der Waals surface area contributed by atoms with Gasteiger partial charge in [0.05, 0.1) is 12.6 Å². The molecule has 1 saturated heterocycles. The molecule has 5 heteroatoms. The van der Waals surface area contributed by atoms with Gasteiger partial charge in [0.2, 0.25) is 5.91 Å². The van der Waals surface area contributed by atoms with Crippen molar-refractivity contribution < 1.29 is 9.53 Å². The number of anilines is 1.